The number of hydrogen-bond donors (Lipinski definition) is 0. The molecule has 5 nitrogen and oxygen atoms in total. The van der Waals surface area contributed by atoms with Crippen LogP contribution in [0.2, 0.25) is 0 Å². The van der Waals surface area contributed by atoms with Gasteiger partial charge in [-0.3, -0.25) is 0 Å². The first-order chi connectivity index (χ1) is 9.67. The Balaban J connectivity index is 2.19. The largest absolute Gasteiger partial charge is 0.493 e. The normalized spacial score (nSPS) is 10.4. The van der Waals surface area contributed by atoms with Crippen LogP contribution in [0.15, 0.2) is 16.5 Å². The number of nitrogens with zero attached hydrogens (tertiary/aromatic N) is 2. The minimum absolute atomic E-state index is 0.607. The standard InChI is InChI=1S/C13H16N2O3S2/c1-8-14-15-13(20-8)19-7-9-5-10(16-2)12(18-4)11(6-9)17-3/h5-6H,7H2,1-4H3. The molecule has 0 saturated carbocycles. The number of ether oxygens (including phenoxy) is 3. The van der Waals surface area contributed by atoms with Crippen molar-refractivity contribution in [1.29, 1.82) is 0 Å². The van der Waals surface area contributed by atoms with Gasteiger partial charge in [0, 0.05) is 5.75 Å². The third kappa shape index (κ3) is 3.34. The van der Waals surface area contributed by atoms with E-state index < -0.39 is 0 Å². The number of benzene rings is 1. The van der Waals surface area contributed by atoms with E-state index in [9.17, 15) is 0 Å². The minimum Gasteiger partial charge on any atom is -0.493 e. The van der Waals surface area contributed by atoms with Gasteiger partial charge < -0.3 is 14.2 Å². The van der Waals surface area contributed by atoms with Gasteiger partial charge >= 0.3 is 0 Å². The number of aryl methyl sites for hydroxylation is 1. The molecule has 0 aliphatic carbocycles. The van der Waals surface area contributed by atoms with Crippen molar-refractivity contribution in [1.82, 2.24) is 10.2 Å². The van der Waals surface area contributed by atoms with E-state index in [-0.39, 0.29) is 0 Å². The van der Waals surface area contributed by atoms with E-state index in [0.717, 1.165) is 20.7 Å². The summed E-state index contributed by atoms with van der Waals surface area (Å²) in [5.74, 6) is 2.70. The lowest BCUT2D eigenvalue weighted by Crippen LogP contribution is -1.96. The van der Waals surface area contributed by atoms with Crippen molar-refractivity contribution in [3.05, 3.63) is 22.7 Å². The Kier molecular flexibility index (Phi) is 5.08. The summed E-state index contributed by atoms with van der Waals surface area (Å²) in [5.41, 5.74) is 1.08. The van der Waals surface area contributed by atoms with Crippen molar-refractivity contribution in [2.75, 3.05) is 21.3 Å². The number of aromatic nitrogens is 2. The van der Waals surface area contributed by atoms with Gasteiger partial charge in [0.15, 0.2) is 15.8 Å². The summed E-state index contributed by atoms with van der Waals surface area (Å²) < 4.78 is 16.9. The SMILES string of the molecule is COc1cc(CSc2nnc(C)s2)cc(OC)c1OC. The van der Waals surface area contributed by atoms with E-state index in [2.05, 4.69) is 10.2 Å². The van der Waals surface area contributed by atoms with Crippen molar-refractivity contribution in [2.24, 2.45) is 0 Å². The second-order valence-electron chi connectivity index (χ2n) is 3.91. The lowest BCUT2D eigenvalue weighted by Gasteiger charge is -2.13. The molecule has 7 heteroatoms. The van der Waals surface area contributed by atoms with Crippen LogP contribution in [0.5, 0.6) is 17.2 Å². The molecular weight excluding hydrogens is 296 g/mol. The lowest BCUT2D eigenvalue weighted by atomic mass is 10.2. The van der Waals surface area contributed by atoms with Gasteiger partial charge in [-0.2, -0.15) is 0 Å². The van der Waals surface area contributed by atoms with Crippen LogP contribution < -0.4 is 14.2 Å². The van der Waals surface area contributed by atoms with Crippen LogP contribution in [0.1, 0.15) is 10.6 Å². The first-order valence-corrected chi connectivity index (χ1v) is 7.70. The summed E-state index contributed by atoms with van der Waals surface area (Å²) in [6.07, 6.45) is 0. The second kappa shape index (κ2) is 6.81. The van der Waals surface area contributed by atoms with Crippen LogP contribution in [0, 0.1) is 6.92 Å². The Hall–Kier alpha value is -1.47. The molecule has 0 radical (unpaired) electrons. The second-order valence-corrected chi connectivity index (χ2v) is 6.31. The summed E-state index contributed by atoms with van der Waals surface area (Å²) in [4.78, 5) is 0. The molecular formula is C13H16N2O3S2. The number of hydrogen-bond acceptors (Lipinski definition) is 7. The molecule has 0 bridgehead atoms. The zero-order valence-corrected chi connectivity index (χ0v) is 13.4. The van der Waals surface area contributed by atoms with Crippen molar-refractivity contribution >= 4 is 23.1 Å². The van der Waals surface area contributed by atoms with Gasteiger partial charge in [-0.1, -0.05) is 23.1 Å². The highest BCUT2D eigenvalue weighted by molar-refractivity contribution is 8.00. The number of rotatable bonds is 6. The highest BCUT2D eigenvalue weighted by atomic mass is 32.2. The van der Waals surface area contributed by atoms with E-state index in [1.165, 1.54) is 0 Å². The molecule has 1 aromatic carbocycles. The number of thioether (sulfide) groups is 1. The molecule has 0 fully saturated rings. The fraction of sp³-hybridized carbons (Fsp3) is 0.385. The molecule has 0 aliphatic heterocycles. The van der Waals surface area contributed by atoms with Crippen molar-refractivity contribution < 1.29 is 14.2 Å². The van der Waals surface area contributed by atoms with Gasteiger partial charge in [-0.15, -0.1) is 10.2 Å². The van der Waals surface area contributed by atoms with Gasteiger partial charge in [-0.05, 0) is 24.6 Å². The lowest BCUT2D eigenvalue weighted by molar-refractivity contribution is 0.324. The highest BCUT2D eigenvalue weighted by Gasteiger charge is 2.13. The molecule has 108 valence electrons. The summed E-state index contributed by atoms with van der Waals surface area (Å²) >= 11 is 3.23. The van der Waals surface area contributed by atoms with Crippen molar-refractivity contribution in [3.8, 4) is 17.2 Å². The van der Waals surface area contributed by atoms with Crippen LogP contribution >= 0.6 is 23.1 Å². The Labute approximate surface area is 126 Å². The average molecular weight is 312 g/mol. The van der Waals surface area contributed by atoms with E-state index in [4.69, 9.17) is 14.2 Å². The quantitative estimate of drug-likeness (QED) is 0.764. The summed E-state index contributed by atoms with van der Waals surface area (Å²) in [6.45, 7) is 1.95. The Bertz CT molecular complexity index is 562. The minimum atomic E-state index is 0.607. The van der Waals surface area contributed by atoms with Crippen LogP contribution in [-0.2, 0) is 5.75 Å². The Morgan fingerprint density at radius 2 is 1.70 bits per heavy atom. The maximum atomic E-state index is 5.34. The van der Waals surface area contributed by atoms with Gasteiger partial charge in [0.05, 0.1) is 21.3 Å². The zero-order chi connectivity index (χ0) is 14.5. The Morgan fingerprint density at radius 1 is 1.05 bits per heavy atom. The van der Waals surface area contributed by atoms with Crippen LogP contribution in [0.25, 0.3) is 0 Å². The van der Waals surface area contributed by atoms with E-state index in [1.54, 1.807) is 44.4 Å². The molecule has 0 unspecified atom stereocenters. The predicted octanol–water partition coefficient (Wildman–Crippen LogP) is 3.16. The molecule has 0 saturated heterocycles. The van der Waals surface area contributed by atoms with Gasteiger partial charge in [-0.25, -0.2) is 0 Å². The smallest absolute Gasteiger partial charge is 0.203 e. The molecule has 1 heterocycles. The molecule has 0 N–H and O–H groups in total. The third-order valence-corrected chi connectivity index (χ3v) is 4.64. The summed E-state index contributed by atoms with van der Waals surface area (Å²) in [7, 11) is 4.82. The monoisotopic (exact) mass is 312 g/mol. The molecule has 0 spiro atoms. The molecule has 2 aromatic rings. The Morgan fingerprint density at radius 3 is 2.15 bits per heavy atom. The van der Waals surface area contributed by atoms with Crippen molar-refractivity contribution in [2.45, 2.75) is 17.0 Å². The van der Waals surface area contributed by atoms with Crippen LogP contribution in [0.3, 0.4) is 0 Å². The maximum absolute atomic E-state index is 5.34. The maximum Gasteiger partial charge on any atom is 0.203 e. The average Bonchev–Trinajstić information content (AvgIpc) is 2.89. The predicted molar refractivity (Wildman–Crippen MR) is 80.3 cm³/mol. The van der Waals surface area contributed by atoms with E-state index >= 15 is 0 Å². The number of methoxy groups -OCH3 is 3. The fourth-order valence-electron chi connectivity index (χ4n) is 1.70. The highest BCUT2D eigenvalue weighted by Crippen LogP contribution is 2.39. The first-order valence-electron chi connectivity index (χ1n) is 5.89. The van der Waals surface area contributed by atoms with Crippen molar-refractivity contribution in [3.63, 3.8) is 0 Å². The van der Waals surface area contributed by atoms with Crippen LogP contribution in [0.4, 0.5) is 0 Å². The molecule has 2 rings (SSSR count). The van der Waals surface area contributed by atoms with Gasteiger partial charge in [0.1, 0.15) is 5.01 Å². The first kappa shape index (κ1) is 14.9. The zero-order valence-electron chi connectivity index (χ0n) is 11.8. The molecule has 1 aromatic heterocycles. The summed E-state index contributed by atoms with van der Waals surface area (Å²) in [6, 6.07) is 3.89. The molecule has 20 heavy (non-hydrogen) atoms. The molecule has 0 aliphatic rings. The molecule has 0 atom stereocenters. The van der Waals surface area contributed by atoms with E-state index in [0.29, 0.717) is 17.2 Å². The van der Waals surface area contributed by atoms with Gasteiger partial charge in [0.25, 0.3) is 0 Å². The fourth-order valence-corrected chi connectivity index (χ4v) is 3.45. The summed E-state index contributed by atoms with van der Waals surface area (Å²) in [5, 5.41) is 9.07. The third-order valence-electron chi connectivity index (χ3n) is 2.59. The molecule has 0 amide bonds. The van der Waals surface area contributed by atoms with E-state index in [1.807, 2.05) is 19.1 Å². The van der Waals surface area contributed by atoms with Gasteiger partial charge in [0.2, 0.25) is 5.75 Å². The van der Waals surface area contributed by atoms with Crippen LogP contribution in [-0.4, -0.2) is 31.5 Å². The topological polar surface area (TPSA) is 53.5 Å².